The average molecular weight is 421 g/mol. The lowest BCUT2D eigenvalue weighted by atomic mass is 9.94. The second kappa shape index (κ2) is 9.75. The van der Waals surface area contributed by atoms with Crippen molar-refractivity contribution in [2.75, 3.05) is 26.8 Å². The standard InChI is InChI=1S/C24H28N4O3/c1-3-31-22-13-17(9-10-21(22)30-2)15-28-12-6-7-18(16-28)20-14-23(29)27-24(26-20)19-8-4-5-11-25-19/h4-5,8-11,13-14,18H,3,6-7,12,15-16H2,1-2H3,(H,26,27,29). The Hall–Kier alpha value is -3.19. The molecule has 1 atom stereocenters. The number of ether oxygens (including phenoxy) is 2. The third kappa shape index (κ3) is 5.11. The van der Waals surface area contributed by atoms with Crippen LogP contribution in [-0.2, 0) is 6.54 Å². The second-order valence-electron chi connectivity index (χ2n) is 7.73. The number of piperidine rings is 1. The summed E-state index contributed by atoms with van der Waals surface area (Å²) in [6, 6.07) is 13.3. The Morgan fingerprint density at radius 3 is 2.87 bits per heavy atom. The van der Waals surface area contributed by atoms with Crippen LogP contribution in [0.5, 0.6) is 11.5 Å². The zero-order chi connectivity index (χ0) is 21.6. The zero-order valence-corrected chi connectivity index (χ0v) is 18.0. The monoisotopic (exact) mass is 420 g/mol. The highest BCUT2D eigenvalue weighted by molar-refractivity contribution is 5.48. The number of methoxy groups -OCH3 is 1. The molecule has 0 amide bonds. The molecule has 0 saturated carbocycles. The first-order chi connectivity index (χ1) is 15.2. The molecule has 1 saturated heterocycles. The normalized spacial score (nSPS) is 16.8. The number of nitrogens with zero attached hydrogens (tertiary/aromatic N) is 3. The molecule has 0 aliphatic carbocycles. The van der Waals surface area contributed by atoms with Crippen LogP contribution in [0.15, 0.2) is 53.5 Å². The summed E-state index contributed by atoms with van der Waals surface area (Å²) >= 11 is 0. The van der Waals surface area contributed by atoms with Gasteiger partial charge in [-0.2, -0.15) is 0 Å². The highest BCUT2D eigenvalue weighted by Crippen LogP contribution is 2.30. The Morgan fingerprint density at radius 1 is 1.19 bits per heavy atom. The summed E-state index contributed by atoms with van der Waals surface area (Å²) in [7, 11) is 1.65. The van der Waals surface area contributed by atoms with Crippen molar-refractivity contribution in [1.82, 2.24) is 19.9 Å². The molecule has 2 aromatic heterocycles. The molecule has 1 unspecified atom stereocenters. The minimum absolute atomic E-state index is 0.140. The van der Waals surface area contributed by atoms with Crippen LogP contribution < -0.4 is 15.0 Å². The molecule has 0 bridgehead atoms. The molecule has 1 fully saturated rings. The molecular weight excluding hydrogens is 392 g/mol. The van der Waals surface area contributed by atoms with E-state index in [1.807, 2.05) is 31.2 Å². The van der Waals surface area contributed by atoms with Crippen LogP contribution in [0.1, 0.15) is 36.9 Å². The van der Waals surface area contributed by atoms with Gasteiger partial charge in [-0.3, -0.25) is 14.7 Å². The molecule has 1 N–H and O–H groups in total. The van der Waals surface area contributed by atoms with Crippen molar-refractivity contribution in [1.29, 1.82) is 0 Å². The molecule has 3 aromatic rings. The van der Waals surface area contributed by atoms with Gasteiger partial charge in [0.15, 0.2) is 17.3 Å². The van der Waals surface area contributed by atoms with E-state index in [2.05, 4.69) is 27.0 Å². The average Bonchev–Trinajstić information content (AvgIpc) is 2.80. The molecule has 3 heterocycles. The number of benzene rings is 1. The van der Waals surface area contributed by atoms with Crippen LogP contribution in [0.3, 0.4) is 0 Å². The molecule has 1 aliphatic heterocycles. The van der Waals surface area contributed by atoms with Crippen LogP contribution in [-0.4, -0.2) is 46.7 Å². The fraction of sp³-hybridized carbons (Fsp3) is 0.375. The maximum Gasteiger partial charge on any atom is 0.251 e. The molecular formula is C24H28N4O3. The first-order valence-electron chi connectivity index (χ1n) is 10.7. The molecule has 1 aliphatic rings. The minimum Gasteiger partial charge on any atom is -0.493 e. The van der Waals surface area contributed by atoms with Crippen molar-refractivity contribution >= 4 is 0 Å². The van der Waals surface area contributed by atoms with Gasteiger partial charge in [0.25, 0.3) is 5.56 Å². The Bertz CT molecular complexity index is 1070. The maximum atomic E-state index is 12.3. The third-order valence-corrected chi connectivity index (χ3v) is 5.53. The Morgan fingerprint density at radius 2 is 2.10 bits per heavy atom. The van der Waals surface area contributed by atoms with Gasteiger partial charge in [0.1, 0.15) is 5.69 Å². The van der Waals surface area contributed by atoms with Gasteiger partial charge in [0.05, 0.1) is 19.4 Å². The van der Waals surface area contributed by atoms with Crippen LogP contribution >= 0.6 is 0 Å². The summed E-state index contributed by atoms with van der Waals surface area (Å²) in [5, 5.41) is 0. The summed E-state index contributed by atoms with van der Waals surface area (Å²) in [6.07, 6.45) is 3.78. The van der Waals surface area contributed by atoms with E-state index >= 15 is 0 Å². The van der Waals surface area contributed by atoms with E-state index in [0.29, 0.717) is 18.1 Å². The SMILES string of the molecule is CCOc1cc(CN2CCCC(c3cc(=O)[nH]c(-c4ccccn4)n3)C2)ccc1OC. The Balaban J connectivity index is 1.51. The quantitative estimate of drug-likeness (QED) is 0.629. The van der Waals surface area contributed by atoms with E-state index < -0.39 is 0 Å². The Labute approximate surface area is 182 Å². The number of hydrogen-bond donors (Lipinski definition) is 1. The van der Waals surface area contributed by atoms with Crippen LogP contribution in [0, 0.1) is 0 Å². The third-order valence-electron chi connectivity index (χ3n) is 5.53. The molecule has 162 valence electrons. The lowest BCUT2D eigenvalue weighted by Crippen LogP contribution is -2.34. The van der Waals surface area contributed by atoms with E-state index in [9.17, 15) is 4.79 Å². The van der Waals surface area contributed by atoms with Crippen molar-refractivity contribution in [3.63, 3.8) is 0 Å². The summed E-state index contributed by atoms with van der Waals surface area (Å²) < 4.78 is 11.1. The van der Waals surface area contributed by atoms with Crippen molar-refractivity contribution < 1.29 is 9.47 Å². The van der Waals surface area contributed by atoms with Crippen molar-refractivity contribution in [3.05, 3.63) is 70.3 Å². The van der Waals surface area contributed by atoms with Crippen LogP contribution in [0.4, 0.5) is 0 Å². The van der Waals surface area contributed by atoms with E-state index in [1.165, 1.54) is 5.56 Å². The number of aromatic amines is 1. The smallest absolute Gasteiger partial charge is 0.251 e. The van der Waals surface area contributed by atoms with Crippen molar-refractivity contribution in [2.24, 2.45) is 0 Å². The number of H-pyrrole nitrogens is 1. The highest BCUT2D eigenvalue weighted by atomic mass is 16.5. The predicted octanol–water partition coefficient (Wildman–Crippen LogP) is 3.62. The molecule has 7 heteroatoms. The number of likely N-dealkylation sites (tertiary alicyclic amines) is 1. The maximum absolute atomic E-state index is 12.3. The first kappa shape index (κ1) is 21.1. The van der Waals surface area contributed by atoms with Gasteiger partial charge in [0, 0.05) is 31.3 Å². The zero-order valence-electron chi connectivity index (χ0n) is 18.0. The van der Waals surface area contributed by atoms with E-state index in [1.54, 1.807) is 19.4 Å². The number of nitrogens with one attached hydrogen (secondary N) is 1. The molecule has 0 spiro atoms. The van der Waals surface area contributed by atoms with Crippen LogP contribution in [0.25, 0.3) is 11.5 Å². The largest absolute Gasteiger partial charge is 0.493 e. The van der Waals surface area contributed by atoms with E-state index in [0.717, 1.165) is 49.7 Å². The molecule has 1 aromatic carbocycles. The predicted molar refractivity (Wildman–Crippen MR) is 120 cm³/mol. The number of hydrogen-bond acceptors (Lipinski definition) is 6. The van der Waals surface area contributed by atoms with Crippen molar-refractivity contribution in [3.8, 4) is 23.0 Å². The van der Waals surface area contributed by atoms with E-state index in [-0.39, 0.29) is 11.5 Å². The van der Waals surface area contributed by atoms with Gasteiger partial charge in [-0.05, 0) is 56.1 Å². The van der Waals surface area contributed by atoms with Gasteiger partial charge in [-0.25, -0.2) is 4.98 Å². The Kier molecular flexibility index (Phi) is 6.62. The first-order valence-corrected chi connectivity index (χ1v) is 10.7. The number of rotatable bonds is 7. The van der Waals surface area contributed by atoms with Crippen LogP contribution in [0.2, 0.25) is 0 Å². The lowest BCUT2D eigenvalue weighted by molar-refractivity contribution is 0.198. The van der Waals surface area contributed by atoms with E-state index in [4.69, 9.17) is 14.5 Å². The van der Waals surface area contributed by atoms with Crippen molar-refractivity contribution in [2.45, 2.75) is 32.2 Å². The topological polar surface area (TPSA) is 80.3 Å². The summed E-state index contributed by atoms with van der Waals surface area (Å²) in [5.74, 6) is 2.25. The van der Waals surface area contributed by atoms with Gasteiger partial charge in [-0.15, -0.1) is 0 Å². The van der Waals surface area contributed by atoms with Gasteiger partial charge in [0.2, 0.25) is 0 Å². The summed E-state index contributed by atoms with van der Waals surface area (Å²) in [5.41, 5.74) is 2.55. The fourth-order valence-corrected chi connectivity index (χ4v) is 4.10. The molecule has 0 radical (unpaired) electrons. The minimum atomic E-state index is -0.140. The van der Waals surface area contributed by atoms with Gasteiger partial charge in [-0.1, -0.05) is 12.1 Å². The molecule has 4 rings (SSSR count). The lowest BCUT2D eigenvalue weighted by Gasteiger charge is -2.32. The van der Waals surface area contributed by atoms with Gasteiger partial charge < -0.3 is 14.5 Å². The highest BCUT2D eigenvalue weighted by Gasteiger charge is 2.24. The second-order valence-corrected chi connectivity index (χ2v) is 7.73. The molecule has 31 heavy (non-hydrogen) atoms. The fourth-order valence-electron chi connectivity index (χ4n) is 4.10. The van der Waals surface area contributed by atoms with Gasteiger partial charge >= 0.3 is 0 Å². The number of pyridine rings is 1. The molecule has 7 nitrogen and oxygen atoms in total. The summed E-state index contributed by atoms with van der Waals surface area (Å²) in [6.45, 7) is 5.25. The number of aromatic nitrogens is 3. The summed E-state index contributed by atoms with van der Waals surface area (Å²) in [4.78, 5) is 26.6.